The summed E-state index contributed by atoms with van der Waals surface area (Å²) in [5.74, 6) is -0.512. The average molecular weight is 381 g/mol. The van der Waals surface area contributed by atoms with Gasteiger partial charge in [0.1, 0.15) is 0 Å². The second-order valence-electron chi connectivity index (χ2n) is 8.96. The standard InChI is InChI=1S/C24H32N2O2/c1-7-15-13(2)21(25-14(15)3)20-22(27)16(23(20)28)12-19-24(4,5)17-10-8-9-11-18(17)26(19)6/h8-12,16,20,22-23,25,27-28H,7H2,1-6H3. The summed E-state index contributed by atoms with van der Waals surface area (Å²) in [6, 6.07) is 8.42. The Kier molecular flexibility index (Phi) is 4.48. The van der Waals surface area contributed by atoms with Crippen LogP contribution in [-0.4, -0.2) is 34.5 Å². The first kappa shape index (κ1) is 19.3. The number of likely N-dealkylation sites (N-methyl/N-ethyl adjacent to an activating group) is 1. The molecule has 28 heavy (non-hydrogen) atoms. The van der Waals surface area contributed by atoms with E-state index < -0.39 is 12.2 Å². The number of fused-ring (bicyclic) bond motifs is 1. The van der Waals surface area contributed by atoms with Crippen LogP contribution in [0.25, 0.3) is 0 Å². The van der Waals surface area contributed by atoms with Crippen LogP contribution in [0, 0.1) is 19.8 Å². The van der Waals surface area contributed by atoms with Crippen molar-refractivity contribution in [3.05, 3.63) is 64.1 Å². The number of para-hydroxylation sites is 1. The Bertz CT molecular complexity index is 930. The maximum absolute atomic E-state index is 11.0. The molecule has 2 unspecified atom stereocenters. The molecule has 4 heteroatoms. The maximum Gasteiger partial charge on any atom is 0.0736 e. The zero-order valence-corrected chi connectivity index (χ0v) is 17.7. The van der Waals surface area contributed by atoms with Crippen LogP contribution >= 0.6 is 0 Å². The van der Waals surface area contributed by atoms with E-state index in [0.717, 1.165) is 23.5 Å². The Morgan fingerprint density at radius 3 is 2.36 bits per heavy atom. The molecule has 1 saturated carbocycles. The summed E-state index contributed by atoms with van der Waals surface area (Å²) < 4.78 is 0. The number of H-pyrrole nitrogens is 1. The van der Waals surface area contributed by atoms with Crippen molar-refractivity contribution in [3.8, 4) is 0 Å². The largest absolute Gasteiger partial charge is 0.392 e. The first-order valence-corrected chi connectivity index (χ1v) is 10.3. The lowest BCUT2D eigenvalue weighted by Gasteiger charge is -2.46. The Hall–Kier alpha value is -2.04. The van der Waals surface area contributed by atoms with Crippen LogP contribution in [-0.2, 0) is 11.8 Å². The van der Waals surface area contributed by atoms with E-state index in [1.165, 1.54) is 22.4 Å². The Morgan fingerprint density at radius 1 is 1.14 bits per heavy atom. The highest BCUT2D eigenvalue weighted by Gasteiger charge is 2.51. The number of nitrogens with one attached hydrogen (secondary N) is 1. The average Bonchev–Trinajstić information content (AvgIpc) is 3.04. The molecule has 1 aliphatic carbocycles. The SMILES string of the molecule is CCc1c(C)[nH]c(C2C(O)C(C=C3N(C)c4ccccc4C3(C)C)C2O)c1C. The molecule has 4 rings (SSSR count). The molecule has 0 bridgehead atoms. The summed E-state index contributed by atoms with van der Waals surface area (Å²) in [6.07, 6.45) is 1.88. The van der Waals surface area contributed by atoms with E-state index in [1.54, 1.807) is 0 Å². The fourth-order valence-electron chi connectivity index (χ4n) is 5.44. The lowest BCUT2D eigenvalue weighted by molar-refractivity contribution is -0.0961. The summed E-state index contributed by atoms with van der Waals surface area (Å²) in [6.45, 7) is 10.7. The van der Waals surface area contributed by atoms with Crippen molar-refractivity contribution in [1.82, 2.24) is 4.98 Å². The molecule has 2 aliphatic rings. The van der Waals surface area contributed by atoms with Crippen LogP contribution in [0.1, 0.15) is 54.8 Å². The van der Waals surface area contributed by atoms with Crippen molar-refractivity contribution in [3.63, 3.8) is 0 Å². The zero-order valence-electron chi connectivity index (χ0n) is 17.7. The molecular formula is C24H32N2O2. The molecule has 2 heterocycles. The predicted molar refractivity (Wildman–Crippen MR) is 114 cm³/mol. The second-order valence-corrected chi connectivity index (χ2v) is 8.96. The maximum atomic E-state index is 11.0. The molecule has 150 valence electrons. The van der Waals surface area contributed by atoms with Crippen molar-refractivity contribution >= 4 is 5.69 Å². The van der Waals surface area contributed by atoms with Gasteiger partial charge in [0.25, 0.3) is 0 Å². The first-order chi connectivity index (χ1) is 13.2. The third-order valence-corrected chi connectivity index (χ3v) is 7.13. The van der Waals surface area contributed by atoms with E-state index in [1.807, 2.05) is 0 Å². The van der Waals surface area contributed by atoms with E-state index >= 15 is 0 Å². The van der Waals surface area contributed by atoms with Gasteiger partial charge in [-0.05, 0) is 43.0 Å². The van der Waals surface area contributed by atoms with Crippen LogP contribution in [0.5, 0.6) is 0 Å². The fourth-order valence-corrected chi connectivity index (χ4v) is 5.44. The van der Waals surface area contributed by atoms with Gasteiger partial charge in [-0.2, -0.15) is 0 Å². The van der Waals surface area contributed by atoms with E-state index in [4.69, 9.17) is 0 Å². The molecule has 1 fully saturated rings. The number of hydrogen-bond donors (Lipinski definition) is 3. The quantitative estimate of drug-likeness (QED) is 0.756. The van der Waals surface area contributed by atoms with Gasteiger partial charge in [0.05, 0.1) is 18.1 Å². The van der Waals surface area contributed by atoms with Gasteiger partial charge in [0, 0.05) is 41.2 Å². The van der Waals surface area contributed by atoms with Crippen LogP contribution in [0.4, 0.5) is 5.69 Å². The minimum Gasteiger partial charge on any atom is -0.392 e. The molecule has 2 atom stereocenters. The van der Waals surface area contributed by atoms with Crippen LogP contribution in [0.2, 0.25) is 0 Å². The van der Waals surface area contributed by atoms with E-state index in [9.17, 15) is 10.2 Å². The third-order valence-electron chi connectivity index (χ3n) is 7.13. The zero-order chi connectivity index (χ0) is 20.4. The topological polar surface area (TPSA) is 59.5 Å². The summed E-state index contributed by atoms with van der Waals surface area (Å²) in [4.78, 5) is 5.62. The van der Waals surface area contributed by atoms with Crippen molar-refractivity contribution < 1.29 is 10.2 Å². The highest BCUT2D eigenvalue weighted by Crippen LogP contribution is 2.50. The molecule has 4 nitrogen and oxygen atoms in total. The van der Waals surface area contributed by atoms with Crippen LogP contribution in [0.3, 0.4) is 0 Å². The lowest BCUT2D eigenvalue weighted by atomic mass is 9.65. The molecule has 0 radical (unpaired) electrons. The van der Waals surface area contributed by atoms with Crippen molar-refractivity contribution in [2.45, 2.75) is 64.6 Å². The molecule has 3 N–H and O–H groups in total. The number of aromatic amines is 1. The molecule has 1 aliphatic heterocycles. The number of nitrogens with zero attached hydrogens (tertiary/aromatic N) is 1. The van der Waals surface area contributed by atoms with Gasteiger partial charge in [0.2, 0.25) is 0 Å². The number of aromatic nitrogens is 1. The molecule has 1 aromatic heterocycles. The summed E-state index contributed by atoms with van der Waals surface area (Å²) in [5.41, 5.74) is 8.08. The molecule has 0 spiro atoms. The minimum atomic E-state index is -0.586. The highest BCUT2D eigenvalue weighted by atomic mass is 16.3. The first-order valence-electron chi connectivity index (χ1n) is 10.3. The van der Waals surface area contributed by atoms with Gasteiger partial charge in [-0.3, -0.25) is 0 Å². The monoisotopic (exact) mass is 380 g/mol. The number of benzene rings is 1. The fraction of sp³-hybridized carbons (Fsp3) is 0.500. The Morgan fingerprint density at radius 2 is 1.79 bits per heavy atom. The van der Waals surface area contributed by atoms with E-state index in [-0.39, 0.29) is 17.3 Å². The predicted octanol–water partition coefficient (Wildman–Crippen LogP) is 3.94. The molecular weight excluding hydrogens is 348 g/mol. The summed E-state index contributed by atoms with van der Waals surface area (Å²) in [7, 11) is 2.07. The highest BCUT2D eigenvalue weighted by molar-refractivity contribution is 5.69. The Labute approximate surface area is 167 Å². The molecule has 2 aromatic rings. The van der Waals surface area contributed by atoms with Gasteiger partial charge in [-0.25, -0.2) is 0 Å². The van der Waals surface area contributed by atoms with Crippen LogP contribution in [0.15, 0.2) is 36.0 Å². The van der Waals surface area contributed by atoms with Crippen molar-refractivity contribution in [1.29, 1.82) is 0 Å². The number of aliphatic hydroxyl groups is 2. The number of anilines is 1. The number of aliphatic hydroxyl groups excluding tert-OH is 2. The number of aryl methyl sites for hydroxylation is 1. The van der Waals surface area contributed by atoms with Crippen molar-refractivity contribution in [2.75, 3.05) is 11.9 Å². The van der Waals surface area contributed by atoms with Gasteiger partial charge in [0.15, 0.2) is 0 Å². The second kappa shape index (κ2) is 6.50. The minimum absolute atomic E-state index is 0.149. The smallest absolute Gasteiger partial charge is 0.0736 e. The normalized spacial score (nSPS) is 29.9. The van der Waals surface area contributed by atoms with Crippen LogP contribution < -0.4 is 4.90 Å². The molecule has 0 saturated heterocycles. The number of rotatable bonds is 3. The lowest BCUT2D eigenvalue weighted by Crippen LogP contribution is -2.53. The number of allylic oxidation sites excluding steroid dienone is 1. The van der Waals surface area contributed by atoms with E-state index in [0.29, 0.717) is 0 Å². The number of hydrogen-bond acceptors (Lipinski definition) is 3. The van der Waals surface area contributed by atoms with Crippen molar-refractivity contribution in [2.24, 2.45) is 5.92 Å². The molecule has 1 aromatic carbocycles. The van der Waals surface area contributed by atoms with Gasteiger partial charge >= 0.3 is 0 Å². The summed E-state index contributed by atoms with van der Waals surface area (Å²) in [5, 5.41) is 22.0. The third kappa shape index (κ3) is 2.51. The molecule has 0 amide bonds. The summed E-state index contributed by atoms with van der Waals surface area (Å²) >= 11 is 0. The van der Waals surface area contributed by atoms with Gasteiger partial charge in [-0.1, -0.05) is 45.0 Å². The van der Waals surface area contributed by atoms with Gasteiger partial charge in [-0.15, -0.1) is 0 Å². The van der Waals surface area contributed by atoms with E-state index in [2.05, 4.69) is 81.9 Å². The Balaban J connectivity index is 1.65. The van der Waals surface area contributed by atoms with Gasteiger partial charge < -0.3 is 20.1 Å².